The summed E-state index contributed by atoms with van der Waals surface area (Å²) in [5.41, 5.74) is 1.16. The van der Waals surface area contributed by atoms with E-state index in [2.05, 4.69) is 30.8 Å². The fraction of sp³-hybridized carbons (Fsp3) is 0.526. The molecular formula is C19H31N3O2. The smallest absolute Gasteiger partial charge is 0.193 e. The van der Waals surface area contributed by atoms with E-state index in [0.29, 0.717) is 19.8 Å². The molecule has 0 unspecified atom stereocenters. The lowest BCUT2D eigenvalue weighted by Crippen LogP contribution is -2.39. The van der Waals surface area contributed by atoms with Crippen molar-refractivity contribution >= 4 is 5.96 Å². The highest BCUT2D eigenvalue weighted by atomic mass is 16.5. The molecule has 1 rings (SSSR count). The summed E-state index contributed by atoms with van der Waals surface area (Å²) >= 11 is 0. The van der Waals surface area contributed by atoms with Crippen molar-refractivity contribution in [1.29, 1.82) is 0 Å². The third-order valence-corrected chi connectivity index (χ3v) is 3.49. The summed E-state index contributed by atoms with van der Waals surface area (Å²) in [5.74, 6) is 1.79. The van der Waals surface area contributed by atoms with Gasteiger partial charge in [-0.3, -0.25) is 0 Å². The number of hydrogen-bond donors (Lipinski definition) is 1. The number of unbranched alkanes of at least 4 members (excludes halogenated alkanes) is 1. The molecule has 0 heterocycles. The van der Waals surface area contributed by atoms with E-state index < -0.39 is 0 Å². The Balaban J connectivity index is 2.56. The zero-order chi connectivity index (χ0) is 17.6. The molecule has 0 radical (unpaired) electrons. The van der Waals surface area contributed by atoms with E-state index in [0.717, 1.165) is 43.2 Å². The van der Waals surface area contributed by atoms with Gasteiger partial charge >= 0.3 is 0 Å². The quantitative estimate of drug-likeness (QED) is 0.293. The van der Waals surface area contributed by atoms with E-state index in [1.165, 1.54) is 0 Å². The number of nitrogens with one attached hydrogen (secondary N) is 1. The molecule has 0 aliphatic heterocycles. The van der Waals surface area contributed by atoms with Gasteiger partial charge < -0.3 is 19.7 Å². The number of allylic oxidation sites excluding steroid dienone is 1. The number of ether oxygens (including phenoxy) is 2. The predicted molar refractivity (Wildman–Crippen MR) is 101 cm³/mol. The van der Waals surface area contributed by atoms with Gasteiger partial charge in [-0.15, -0.1) is 6.58 Å². The first-order valence-electron chi connectivity index (χ1n) is 8.52. The molecule has 1 aromatic carbocycles. The Hall–Kier alpha value is -2.01. The Morgan fingerprint density at radius 3 is 2.67 bits per heavy atom. The maximum Gasteiger partial charge on any atom is 0.193 e. The van der Waals surface area contributed by atoms with Gasteiger partial charge in [0.25, 0.3) is 0 Å². The van der Waals surface area contributed by atoms with Gasteiger partial charge in [0, 0.05) is 27.2 Å². The molecular weight excluding hydrogens is 302 g/mol. The largest absolute Gasteiger partial charge is 0.491 e. The average molecular weight is 333 g/mol. The highest BCUT2D eigenvalue weighted by Crippen LogP contribution is 2.13. The number of methoxy groups -OCH3 is 1. The minimum Gasteiger partial charge on any atom is -0.491 e. The van der Waals surface area contributed by atoms with E-state index in [-0.39, 0.29) is 0 Å². The molecule has 0 spiro atoms. The van der Waals surface area contributed by atoms with Crippen molar-refractivity contribution in [3.05, 3.63) is 42.5 Å². The Morgan fingerprint density at radius 1 is 1.29 bits per heavy atom. The second-order valence-corrected chi connectivity index (χ2v) is 5.51. The van der Waals surface area contributed by atoms with E-state index in [4.69, 9.17) is 14.5 Å². The number of nitrogens with zero attached hydrogens (tertiary/aromatic N) is 2. The third kappa shape index (κ3) is 8.02. The van der Waals surface area contributed by atoms with Crippen LogP contribution in [0.2, 0.25) is 0 Å². The highest BCUT2D eigenvalue weighted by molar-refractivity contribution is 5.79. The van der Waals surface area contributed by atoms with Crippen LogP contribution in [0.5, 0.6) is 5.75 Å². The molecule has 5 heteroatoms. The van der Waals surface area contributed by atoms with E-state index >= 15 is 0 Å². The first-order valence-corrected chi connectivity index (χ1v) is 8.52. The van der Waals surface area contributed by atoms with Crippen molar-refractivity contribution in [3.63, 3.8) is 0 Å². The Kier molecular flexibility index (Phi) is 10.4. The van der Waals surface area contributed by atoms with Gasteiger partial charge in [-0.05, 0) is 37.5 Å². The van der Waals surface area contributed by atoms with E-state index in [1.807, 2.05) is 30.3 Å². The van der Waals surface area contributed by atoms with Crippen LogP contribution in [-0.4, -0.2) is 51.3 Å². The topological polar surface area (TPSA) is 46.1 Å². The van der Waals surface area contributed by atoms with Crippen LogP contribution < -0.4 is 10.1 Å². The van der Waals surface area contributed by atoms with Crippen LogP contribution in [0.15, 0.2) is 41.9 Å². The maximum atomic E-state index is 5.57. The molecule has 5 nitrogen and oxygen atoms in total. The highest BCUT2D eigenvalue weighted by Gasteiger charge is 2.04. The molecule has 0 aromatic heterocycles. The minimum absolute atomic E-state index is 0.564. The van der Waals surface area contributed by atoms with Crippen LogP contribution in [0.4, 0.5) is 0 Å². The lowest BCUT2D eigenvalue weighted by atomic mass is 10.2. The monoisotopic (exact) mass is 333 g/mol. The van der Waals surface area contributed by atoms with Crippen molar-refractivity contribution in [1.82, 2.24) is 10.2 Å². The van der Waals surface area contributed by atoms with Crippen LogP contribution in [0.3, 0.4) is 0 Å². The average Bonchev–Trinajstić information content (AvgIpc) is 2.60. The zero-order valence-electron chi connectivity index (χ0n) is 15.3. The molecule has 0 aliphatic rings. The van der Waals surface area contributed by atoms with Crippen LogP contribution in [0.1, 0.15) is 25.3 Å². The predicted octanol–water partition coefficient (Wildman–Crippen LogP) is 3.08. The van der Waals surface area contributed by atoms with Crippen LogP contribution in [0, 0.1) is 0 Å². The van der Waals surface area contributed by atoms with Crippen molar-refractivity contribution < 1.29 is 9.47 Å². The van der Waals surface area contributed by atoms with Crippen LogP contribution in [-0.2, 0) is 11.3 Å². The first-order chi connectivity index (χ1) is 11.7. The molecule has 134 valence electrons. The maximum absolute atomic E-state index is 5.57. The standard InChI is InChI=1S/C19H31N3O2/c1-5-7-8-13-22(3)19(20-6-2)21-16-17-9-11-18(12-10-17)24-15-14-23-4/h5,9-12H,1,6-8,13-16H2,2-4H3,(H,20,21). The fourth-order valence-electron chi connectivity index (χ4n) is 2.15. The van der Waals surface area contributed by atoms with Gasteiger partial charge in [0.15, 0.2) is 5.96 Å². The van der Waals surface area contributed by atoms with Crippen molar-refractivity contribution in [2.45, 2.75) is 26.3 Å². The van der Waals surface area contributed by atoms with E-state index in [9.17, 15) is 0 Å². The number of benzene rings is 1. The lowest BCUT2D eigenvalue weighted by molar-refractivity contribution is 0.146. The number of aliphatic imine (C=N–C) groups is 1. The van der Waals surface area contributed by atoms with Crippen molar-refractivity contribution in [2.24, 2.45) is 4.99 Å². The summed E-state index contributed by atoms with van der Waals surface area (Å²) in [5, 5.41) is 3.34. The van der Waals surface area contributed by atoms with Gasteiger partial charge in [0.2, 0.25) is 0 Å². The minimum atomic E-state index is 0.564. The fourth-order valence-corrected chi connectivity index (χ4v) is 2.15. The molecule has 0 saturated heterocycles. The summed E-state index contributed by atoms with van der Waals surface area (Å²) in [4.78, 5) is 6.87. The number of rotatable bonds is 11. The summed E-state index contributed by atoms with van der Waals surface area (Å²) in [6.45, 7) is 9.47. The number of hydrogen-bond acceptors (Lipinski definition) is 3. The molecule has 1 N–H and O–H groups in total. The van der Waals surface area contributed by atoms with Gasteiger partial charge in [-0.1, -0.05) is 18.2 Å². The third-order valence-electron chi connectivity index (χ3n) is 3.49. The lowest BCUT2D eigenvalue weighted by Gasteiger charge is -2.21. The second kappa shape index (κ2) is 12.4. The molecule has 0 bridgehead atoms. The van der Waals surface area contributed by atoms with Crippen molar-refractivity contribution in [2.75, 3.05) is 40.5 Å². The molecule has 0 atom stereocenters. The molecule has 0 saturated carbocycles. The molecule has 0 fully saturated rings. The van der Waals surface area contributed by atoms with Crippen LogP contribution >= 0.6 is 0 Å². The molecule has 0 aliphatic carbocycles. The Bertz CT molecular complexity index is 486. The summed E-state index contributed by atoms with van der Waals surface area (Å²) < 4.78 is 10.5. The van der Waals surface area contributed by atoms with E-state index in [1.54, 1.807) is 7.11 Å². The molecule has 0 amide bonds. The number of guanidine groups is 1. The Labute approximate surface area is 146 Å². The summed E-state index contributed by atoms with van der Waals surface area (Å²) in [7, 11) is 3.73. The van der Waals surface area contributed by atoms with Gasteiger partial charge in [-0.25, -0.2) is 4.99 Å². The molecule has 24 heavy (non-hydrogen) atoms. The van der Waals surface area contributed by atoms with Crippen LogP contribution in [0.25, 0.3) is 0 Å². The second-order valence-electron chi connectivity index (χ2n) is 5.51. The molecule has 1 aromatic rings. The summed E-state index contributed by atoms with van der Waals surface area (Å²) in [6, 6.07) is 8.04. The normalized spacial score (nSPS) is 11.2. The zero-order valence-corrected chi connectivity index (χ0v) is 15.3. The van der Waals surface area contributed by atoms with Gasteiger partial charge in [-0.2, -0.15) is 0 Å². The van der Waals surface area contributed by atoms with Crippen molar-refractivity contribution in [3.8, 4) is 5.75 Å². The first kappa shape index (κ1) is 20.0. The Morgan fingerprint density at radius 2 is 2.04 bits per heavy atom. The SMILES string of the molecule is C=CCCCN(C)C(=NCc1ccc(OCCOC)cc1)NCC. The van der Waals surface area contributed by atoms with Gasteiger partial charge in [0.05, 0.1) is 13.2 Å². The summed E-state index contributed by atoms with van der Waals surface area (Å²) in [6.07, 6.45) is 4.06. The van der Waals surface area contributed by atoms with Gasteiger partial charge in [0.1, 0.15) is 12.4 Å².